The number of aromatic nitrogens is 1. The van der Waals surface area contributed by atoms with Crippen LogP contribution in [0.2, 0.25) is 0 Å². The number of aliphatic hydroxyl groups excluding tert-OH is 1. The quantitative estimate of drug-likeness (QED) is 0.523. The van der Waals surface area contributed by atoms with E-state index >= 15 is 0 Å². The maximum atomic E-state index is 12.2. The normalized spacial score (nSPS) is 13.9. The Morgan fingerprint density at radius 3 is 2.68 bits per heavy atom. The van der Waals surface area contributed by atoms with Gasteiger partial charge in [-0.1, -0.05) is 35.9 Å². The first-order valence-electron chi connectivity index (χ1n) is 9.96. The van der Waals surface area contributed by atoms with Crippen LogP contribution in [0, 0.1) is 12.3 Å². The second-order valence-corrected chi connectivity index (χ2v) is 8.52. The number of amidine groups is 1. The molecular formula is C24H23N3O3S. The molecule has 158 valence electrons. The van der Waals surface area contributed by atoms with Gasteiger partial charge in [-0.05, 0) is 39.0 Å². The zero-order valence-electron chi connectivity index (χ0n) is 17.5. The van der Waals surface area contributed by atoms with E-state index in [1.165, 1.54) is 16.9 Å². The van der Waals surface area contributed by atoms with Crippen LogP contribution in [0.3, 0.4) is 0 Å². The highest BCUT2D eigenvalue weighted by Crippen LogP contribution is 2.34. The number of thiazole rings is 1. The molecule has 1 aromatic heterocycles. The molecule has 0 amide bonds. The lowest BCUT2D eigenvalue weighted by Crippen LogP contribution is -2.26. The Labute approximate surface area is 185 Å². The molecule has 6 nitrogen and oxygen atoms in total. The molecule has 7 heteroatoms. The van der Waals surface area contributed by atoms with Crippen molar-refractivity contribution in [2.24, 2.45) is 0 Å². The molecule has 1 aliphatic heterocycles. The minimum atomic E-state index is -0.414. The average Bonchev–Trinajstić information content (AvgIpc) is 3.32. The van der Waals surface area contributed by atoms with Gasteiger partial charge in [0.2, 0.25) is 0 Å². The van der Waals surface area contributed by atoms with Gasteiger partial charge in [0.15, 0.2) is 0 Å². The van der Waals surface area contributed by atoms with Gasteiger partial charge >= 0.3 is 5.97 Å². The highest BCUT2D eigenvalue weighted by molar-refractivity contribution is 7.11. The number of nitrogens with zero attached hydrogens (tertiary/aromatic N) is 2. The molecule has 0 fully saturated rings. The monoisotopic (exact) mass is 433 g/mol. The van der Waals surface area contributed by atoms with Gasteiger partial charge < -0.3 is 14.7 Å². The number of aliphatic hydroxyl groups is 1. The number of anilines is 1. The molecule has 0 atom stereocenters. The van der Waals surface area contributed by atoms with E-state index in [2.05, 4.69) is 4.98 Å². The molecule has 0 unspecified atom stereocenters. The molecule has 4 rings (SSSR count). The minimum absolute atomic E-state index is 0.0879. The van der Waals surface area contributed by atoms with E-state index in [-0.39, 0.29) is 24.2 Å². The van der Waals surface area contributed by atoms with E-state index in [0.29, 0.717) is 21.8 Å². The van der Waals surface area contributed by atoms with Crippen LogP contribution in [0.15, 0.2) is 59.7 Å². The van der Waals surface area contributed by atoms with Crippen LogP contribution >= 0.6 is 11.3 Å². The van der Waals surface area contributed by atoms with Crippen molar-refractivity contribution < 1.29 is 14.6 Å². The average molecular weight is 434 g/mol. The van der Waals surface area contributed by atoms with Crippen LogP contribution in [0.4, 0.5) is 5.69 Å². The third kappa shape index (κ3) is 4.22. The predicted octanol–water partition coefficient (Wildman–Crippen LogP) is 5.45. The number of carbonyl (C=O) groups excluding carboxylic acids is 1. The SMILES string of the molecule is Cc1ccc(-c2csc(C3=C(O)CN(c4cccc(C(=O)OC(C)C)c4)C3=N)n2)cc1. The van der Waals surface area contributed by atoms with Crippen LogP contribution in [-0.4, -0.2) is 34.5 Å². The second kappa shape index (κ2) is 8.35. The van der Waals surface area contributed by atoms with Crippen molar-refractivity contribution in [2.75, 3.05) is 11.4 Å². The molecule has 0 radical (unpaired) electrons. The fourth-order valence-electron chi connectivity index (χ4n) is 3.35. The Morgan fingerprint density at radius 1 is 1.23 bits per heavy atom. The highest BCUT2D eigenvalue weighted by atomic mass is 32.1. The Morgan fingerprint density at radius 2 is 1.97 bits per heavy atom. The Hall–Kier alpha value is -3.45. The van der Waals surface area contributed by atoms with Gasteiger partial charge in [0.1, 0.15) is 16.6 Å². The zero-order valence-corrected chi connectivity index (χ0v) is 18.4. The first-order chi connectivity index (χ1) is 14.8. The number of rotatable bonds is 5. The Bertz CT molecular complexity index is 1180. The molecule has 3 aromatic rings. The fourth-order valence-corrected chi connectivity index (χ4v) is 4.25. The lowest BCUT2D eigenvalue weighted by Gasteiger charge is -2.19. The summed E-state index contributed by atoms with van der Waals surface area (Å²) in [6.07, 6.45) is -0.216. The van der Waals surface area contributed by atoms with Gasteiger partial charge in [-0.2, -0.15) is 0 Å². The van der Waals surface area contributed by atoms with E-state index in [1.54, 1.807) is 43.0 Å². The minimum Gasteiger partial charge on any atom is -0.510 e. The molecule has 31 heavy (non-hydrogen) atoms. The largest absolute Gasteiger partial charge is 0.510 e. The van der Waals surface area contributed by atoms with Crippen molar-refractivity contribution in [3.63, 3.8) is 0 Å². The summed E-state index contributed by atoms with van der Waals surface area (Å²) in [5.74, 6) is -0.177. The number of carbonyl (C=O) groups is 1. The van der Waals surface area contributed by atoms with Crippen molar-refractivity contribution >= 4 is 34.4 Å². The van der Waals surface area contributed by atoms with E-state index in [9.17, 15) is 9.90 Å². The van der Waals surface area contributed by atoms with Crippen molar-refractivity contribution in [3.05, 3.63) is 75.8 Å². The van der Waals surface area contributed by atoms with Gasteiger partial charge in [-0.3, -0.25) is 5.41 Å². The van der Waals surface area contributed by atoms with Crippen LogP contribution in [-0.2, 0) is 4.74 Å². The molecule has 2 N–H and O–H groups in total. The number of hydrogen-bond acceptors (Lipinski definition) is 6. The molecule has 0 spiro atoms. The summed E-state index contributed by atoms with van der Waals surface area (Å²) in [4.78, 5) is 18.6. The number of ether oxygens (including phenoxy) is 1. The van der Waals surface area contributed by atoms with Gasteiger partial charge in [0.25, 0.3) is 0 Å². The van der Waals surface area contributed by atoms with Crippen molar-refractivity contribution in [2.45, 2.75) is 26.9 Å². The van der Waals surface area contributed by atoms with Crippen molar-refractivity contribution in [1.29, 1.82) is 5.41 Å². The van der Waals surface area contributed by atoms with Crippen LogP contribution < -0.4 is 4.90 Å². The number of nitrogens with one attached hydrogen (secondary N) is 1. The Balaban J connectivity index is 1.58. The zero-order chi connectivity index (χ0) is 22.1. The van der Waals surface area contributed by atoms with Crippen molar-refractivity contribution in [1.82, 2.24) is 4.98 Å². The van der Waals surface area contributed by atoms with E-state index < -0.39 is 5.97 Å². The fraction of sp³-hybridized carbons (Fsp3) is 0.208. The topological polar surface area (TPSA) is 86.5 Å². The summed E-state index contributed by atoms with van der Waals surface area (Å²) in [6.45, 7) is 5.78. The molecule has 0 aliphatic carbocycles. The van der Waals surface area contributed by atoms with Crippen LogP contribution in [0.5, 0.6) is 0 Å². The van der Waals surface area contributed by atoms with Crippen molar-refractivity contribution in [3.8, 4) is 11.3 Å². The first-order valence-corrected chi connectivity index (χ1v) is 10.8. The van der Waals surface area contributed by atoms with Gasteiger partial charge in [-0.25, -0.2) is 9.78 Å². The third-order valence-corrected chi connectivity index (χ3v) is 5.76. The van der Waals surface area contributed by atoms with Gasteiger partial charge in [0, 0.05) is 16.6 Å². The standard InChI is InChI=1S/C24H23N3O3S/c1-14(2)30-24(29)17-5-4-6-18(11-17)27-12-20(28)21(22(27)25)23-26-19(13-31-23)16-9-7-15(3)8-10-16/h4-11,13-14,25,28H,12H2,1-3H3. The second-order valence-electron chi connectivity index (χ2n) is 7.66. The molecule has 2 heterocycles. The summed E-state index contributed by atoms with van der Waals surface area (Å²) in [6, 6.07) is 15.0. The number of aryl methyl sites for hydroxylation is 1. The maximum Gasteiger partial charge on any atom is 0.338 e. The number of benzene rings is 2. The van der Waals surface area contributed by atoms with Crippen LogP contribution in [0.1, 0.15) is 34.8 Å². The van der Waals surface area contributed by atoms with Crippen LogP contribution in [0.25, 0.3) is 16.8 Å². The summed E-state index contributed by atoms with van der Waals surface area (Å²) < 4.78 is 5.27. The van der Waals surface area contributed by atoms with E-state index in [1.807, 2.05) is 36.6 Å². The lowest BCUT2D eigenvalue weighted by atomic mass is 10.1. The maximum absolute atomic E-state index is 12.2. The summed E-state index contributed by atoms with van der Waals surface area (Å²) in [7, 11) is 0. The molecule has 1 aliphatic rings. The number of hydrogen-bond donors (Lipinski definition) is 2. The molecule has 2 aromatic carbocycles. The van der Waals surface area contributed by atoms with E-state index in [0.717, 1.165) is 11.3 Å². The van der Waals surface area contributed by atoms with Gasteiger partial charge in [-0.15, -0.1) is 11.3 Å². The first kappa shape index (κ1) is 20.8. The molecular weight excluding hydrogens is 410 g/mol. The lowest BCUT2D eigenvalue weighted by molar-refractivity contribution is 0.0378. The molecule has 0 saturated heterocycles. The smallest absolute Gasteiger partial charge is 0.338 e. The summed E-state index contributed by atoms with van der Waals surface area (Å²) in [5.41, 5.74) is 4.43. The molecule has 0 saturated carbocycles. The molecule has 0 bridgehead atoms. The van der Waals surface area contributed by atoms with Gasteiger partial charge in [0.05, 0.1) is 29.5 Å². The van der Waals surface area contributed by atoms with E-state index in [4.69, 9.17) is 10.1 Å². The summed E-state index contributed by atoms with van der Waals surface area (Å²) >= 11 is 1.39. The Kier molecular flexibility index (Phi) is 5.61. The highest BCUT2D eigenvalue weighted by Gasteiger charge is 2.31. The third-order valence-electron chi connectivity index (χ3n) is 4.90. The summed E-state index contributed by atoms with van der Waals surface area (Å²) in [5, 5.41) is 21.8. The number of esters is 1. The predicted molar refractivity (Wildman–Crippen MR) is 124 cm³/mol.